The molecule has 5 nitrogen and oxygen atoms in total. The molecule has 3 rings (SSSR count). The molecule has 1 spiro atoms. The SMILES string of the molecule is COc1ccc2c(c1)[C@@]1(CCO2)C[C@@H]1C(=O)NCCCS(C)=O. The number of methoxy groups -OCH3 is 1. The van der Waals surface area contributed by atoms with Gasteiger partial charge in [-0.1, -0.05) is 0 Å². The number of benzene rings is 1. The van der Waals surface area contributed by atoms with Crippen molar-refractivity contribution < 1.29 is 18.5 Å². The molecule has 126 valence electrons. The Balaban J connectivity index is 1.67. The van der Waals surface area contributed by atoms with Crippen molar-refractivity contribution in [1.82, 2.24) is 5.32 Å². The molecule has 1 N–H and O–H groups in total. The van der Waals surface area contributed by atoms with Gasteiger partial charge >= 0.3 is 0 Å². The van der Waals surface area contributed by atoms with Gasteiger partial charge in [0.05, 0.1) is 13.7 Å². The molecule has 1 heterocycles. The quantitative estimate of drug-likeness (QED) is 0.801. The first kappa shape index (κ1) is 16.3. The molecule has 1 aliphatic carbocycles. The number of hydrogen-bond acceptors (Lipinski definition) is 4. The van der Waals surface area contributed by atoms with Crippen molar-refractivity contribution in [3.8, 4) is 11.5 Å². The summed E-state index contributed by atoms with van der Waals surface area (Å²) in [6, 6.07) is 5.82. The molecule has 0 bridgehead atoms. The first-order valence-electron chi connectivity index (χ1n) is 7.96. The van der Waals surface area contributed by atoms with Crippen LogP contribution in [-0.4, -0.2) is 42.4 Å². The number of amides is 1. The summed E-state index contributed by atoms with van der Waals surface area (Å²) >= 11 is 0. The molecular formula is C17H23NO4S. The lowest BCUT2D eigenvalue weighted by atomic mass is 9.87. The normalized spacial score (nSPS) is 26.1. The van der Waals surface area contributed by atoms with Crippen LogP contribution in [0.3, 0.4) is 0 Å². The molecule has 6 heteroatoms. The van der Waals surface area contributed by atoms with E-state index in [1.807, 2.05) is 18.2 Å². The largest absolute Gasteiger partial charge is 0.497 e. The van der Waals surface area contributed by atoms with Gasteiger partial charge in [0.15, 0.2) is 0 Å². The van der Waals surface area contributed by atoms with E-state index in [0.717, 1.165) is 36.3 Å². The predicted octanol–water partition coefficient (Wildman–Crippen LogP) is 1.62. The van der Waals surface area contributed by atoms with E-state index in [1.54, 1.807) is 13.4 Å². The molecule has 1 amide bonds. The second-order valence-corrected chi connectivity index (χ2v) is 7.85. The summed E-state index contributed by atoms with van der Waals surface area (Å²) in [6.07, 6.45) is 4.17. The van der Waals surface area contributed by atoms with Gasteiger partial charge in [-0.05, 0) is 37.5 Å². The third kappa shape index (κ3) is 3.22. The highest BCUT2D eigenvalue weighted by molar-refractivity contribution is 7.84. The Kier molecular flexibility index (Phi) is 4.62. The van der Waals surface area contributed by atoms with E-state index in [-0.39, 0.29) is 17.2 Å². The van der Waals surface area contributed by atoms with E-state index in [2.05, 4.69) is 5.32 Å². The maximum absolute atomic E-state index is 12.4. The van der Waals surface area contributed by atoms with Crippen LogP contribution in [0.1, 0.15) is 24.8 Å². The molecule has 1 fully saturated rings. The van der Waals surface area contributed by atoms with Crippen LogP contribution in [0.15, 0.2) is 18.2 Å². The van der Waals surface area contributed by atoms with E-state index < -0.39 is 10.8 Å². The van der Waals surface area contributed by atoms with Crippen LogP contribution in [-0.2, 0) is 21.0 Å². The van der Waals surface area contributed by atoms with Gasteiger partial charge < -0.3 is 14.8 Å². The fraction of sp³-hybridized carbons (Fsp3) is 0.588. The molecular weight excluding hydrogens is 314 g/mol. The lowest BCUT2D eigenvalue weighted by Crippen LogP contribution is -2.32. The second kappa shape index (κ2) is 6.51. The van der Waals surface area contributed by atoms with Gasteiger partial charge in [0.2, 0.25) is 5.91 Å². The van der Waals surface area contributed by atoms with Gasteiger partial charge in [-0.2, -0.15) is 0 Å². The Morgan fingerprint density at radius 1 is 1.52 bits per heavy atom. The third-order valence-electron chi connectivity index (χ3n) is 4.83. The summed E-state index contributed by atoms with van der Waals surface area (Å²) in [4.78, 5) is 12.4. The summed E-state index contributed by atoms with van der Waals surface area (Å²) in [5.41, 5.74) is 0.998. The highest BCUT2D eigenvalue weighted by Gasteiger charge is 2.61. The molecule has 23 heavy (non-hydrogen) atoms. The zero-order valence-electron chi connectivity index (χ0n) is 13.6. The van der Waals surface area contributed by atoms with Gasteiger partial charge in [-0.15, -0.1) is 0 Å². The molecule has 1 saturated carbocycles. The molecule has 1 unspecified atom stereocenters. The fourth-order valence-corrected chi connectivity index (χ4v) is 4.01. The Morgan fingerprint density at radius 2 is 2.35 bits per heavy atom. The molecule has 1 aromatic rings. The molecule has 3 atom stereocenters. The maximum atomic E-state index is 12.4. The summed E-state index contributed by atoms with van der Waals surface area (Å²) in [5, 5.41) is 2.99. The van der Waals surface area contributed by atoms with Crippen LogP contribution < -0.4 is 14.8 Å². The van der Waals surface area contributed by atoms with Crippen molar-refractivity contribution >= 4 is 16.7 Å². The van der Waals surface area contributed by atoms with E-state index in [9.17, 15) is 9.00 Å². The first-order valence-corrected chi connectivity index (χ1v) is 9.68. The van der Waals surface area contributed by atoms with Crippen molar-refractivity contribution in [2.24, 2.45) is 5.92 Å². The third-order valence-corrected chi connectivity index (χ3v) is 5.69. The van der Waals surface area contributed by atoms with E-state index in [4.69, 9.17) is 9.47 Å². The zero-order chi connectivity index (χ0) is 16.4. The van der Waals surface area contributed by atoms with Crippen LogP contribution >= 0.6 is 0 Å². The zero-order valence-corrected chi connectivity index (χ0v) is 14.4. The van der Waals surface area contributed by atoms with Crippen molar-refractivity contribution in [3.05, 3.63) is 23.8 Å². The van der Waals surface area contributed by atoms with Gasteiger partial charge in [0.25, 0.3) is 0 Å². The number of carbonyl (C=O) groups excluding carboxylic acids is 1. The smallest absolute Gasteiger partial charge is 0.224 e. The highest BCUT2D eigenvalue weighted by atomic mass is 32.2. The minimum atomic E-state index is -0.801. The Bertz CT molecular complexity index is 633. The molecule has 0 radical (unpaired) electrons. The Morgan fingerprint density at radius 3 is 3.09 bits per heavy atom. The number of nitrogens with one attached hydrogen (secondary N) is 1. The highest BCUT2D eigenvalue weighted by Crippen LogP contribution is 2.61. The van der Waals surface area contributed by atoms with Crippen LogP contribution in [0.5, 0.6) is 11.5 Å². The number of carbonyl (C=O) groups is 1. The predicted molar refractivity (Wildman–Crippen MR) is 89.5 cm³/mol. The molecule has 1 aromatic carbocycles. The lowest BCUT2D eigenvalue weighted by molar-refractivity contribution is -0.122. The molecule has 0 saturated heterocycles. The van der Waals surface area contributed by atoms with Gasteiger partial charge in [0.1, 0.15) is 11.5 Å². The topological polar surface area (TPSA) is 64.6 Å². The summed E-state index contributed by atoms with van der Waals surface area (Å²) < 4.78 is 22.1. The van der Waals surface area contributed by atoms with Gasteiger partial charge in [0, 0.05) is 46.2 Å². The van der Waals surface area contributed by atoms with Crippen LogP contribution in [0.25, 0.3) is 0 Å². The average Bonchev–Trinajstić information content (AvgIpc) is 3.26. The number of fused-ring (bicyclic) bond motifs is 2. The van der Waals surface area contributed by atoms with Crippen molar-refractivity contribution in [1.29, 1.82) is 0 Å². The lowest BCUT2D eigenvalue weighted by Gasteiger charge is -2.27. The second-order valence-electron chi connectivity index (χ2n) is 6.30. The number of hydrogen-bond donors (Lipinski definition) is 1. The standard InChI is InChI=1S/C17H23NO4S/c1-21-12-4-5-15-13(10-12)17(6-8-22-15)11-14(17)16(19)18-7-3-9-23(2)20/h4-5,10,14H,3,6-9,11H2,1-2H3,(H,18,19)/t14-,17-,23?/m1/s1. The van der Waals surface area contributed by atoms with Gasteiger partial charge in [-0.3, -0.25) is 9.00 Å². The first-order chi connectivity index (χ1) is 11.1. The van der Waals surface area contributed by atoms with Crippen molar-refractivity contribution in [2.75, 3.05) is 32.3 Å². The van der Waals surface area contributed by atoms with Crippen LogP contribution in [0.2, 0.25) is 0 Å². The van der Waals surface area contributed by atoms with Crippen LogP contribution in [0, 0.1) is 5.92 Å². The van der Waals surface area contributed by atoms with E-state index >= 15 is 0 Å². The average molecular weight is 337 g/mol. The minimum Gasteiger partial charge on any atom is -0.497 e. The Labute approximate surface area is 139 Å². The number of rotatable bonds is 6. The van der Waals surface area contributed by atoms with E-state index in [0.29, 0.717) is 18.9 Å². The Hall–Kier alpha value is -1.56. The molecule has 2 aliphatic rings. The summed E-state index contributed by atoms with van der Waals surface area (Å²) in [6.45, 7) is 1.24. The van der Waals surface area contributed by atoms with Gasteiger partial charge in [-0.25, -0.2) is 0 Å². The summed E-state index contributed by atoms with van der Waals surface area (Å²) in [5.74, 6) is 2.40. The number of ether oxygens (including phenoxy) is 2. The monoisotopic (exact) mass is 337 g/mol. The fourth-order valence-electron chi connectivity index (χ4n) is 3.46. The van der Waals surface area contributed by atoms with E-state index in [1.165, 1.54) is 0 Å². The van der Waals surface area contributed by atoms with Crippen LogP contribution in [0.4, 0.5) is 0 Å². The van der Waals surface area contributed by atoms with Crippen molar-refractivity contribution in [3.63, 3.8) is 0 Å². The minimum absolute atomic E-state index is 0.00406. The summed E-state index contributed by atoms with van der Waals surface area (Å²) in [7, 11) is 0.844. The van der Waals surface area contributed by atoms with Crippen molar-refractivity contribution in [2.45, 2.75) is 24.7 Å². The molecule has 1 aliphatic heterocycles. The molecule has 0 aromatic heterocycles. The maximum Gasteiger partial charge on any atom is 0.224 e.